The molecule has 18 heavy (non-hydrogen) atoms. The normalized spacial score (nSPS) is 11.7. The van der Waals surface area contributed by atoms with Gasteiger partial charge in [-0.3, -0.25) is 9.59 Å². The van der Waals surface area contributed by atoms with Crippen LogP contribution in [-0.2, 0) is 4.79 Å². The fraction of sp³-hybridized carbons (Fsp3) is 0.583. The molecule has 6 heteroatoms. The summed E-state index contributed by atoms with van der Waals surface area (Å²) in [6.07, 6.45) is 0. The van der Waals surface area contributed by atoms with Gasteiger partial charge in [0.25, 0.3) is 5.56 Å². The maximum absolute atomic E-state index is 12.1. The standard InChI is InChI=1S/C12H18ClN3O2/c1-7(2)16-10(17)8(6-9(13)15-16)14-11(18)12(3,4)5/h6-7H,1-5H3,(H,14,18). The van der Waals surface area contributed by atoms with Gasteiger partial charge in [-0.15, -0.1) is 0 Å². The van der Waals surface area contributed by atoms with Gasteiger partial charge in [-0.2, -0.15) is 5.10 Å². The highest BCUT2D eigenvalue weighted by Crippen LogP contribution is 2.17. The van der Waals surface area contributed by atoms with Crippen LogP contribution in [0.2, 0.25) is 5.15 Å². The number of hydrogen-bond acceptors (Lipinski definition) is 3. The maximum atomic E-state index is 12.1. The predicted octanol–water partition coefficient (Wildman–Crippen LogP) is 2.46. The second kappa shape index (κ2) is 5.10. The Hall–Kier alpha value is -1.36. The van der Waals surface area contributed by atoms with Crippen LogP contribution in [0.3, 0.4) is 0 Å². The summed E-state index contributed by atoms with van der Waals surface area (Å²) in [6, 6.07) is 1.24. The van der Waals surface area contributed by atoms with E-state index >= 15 is 0 Å². The van der Waals surface area contributed by atoms with Crippen molar-refractivity contribution >= 4 is 23.2 Å². The van der Waals surface area contributed by atoms with E-state index in [1.807, 2.05) is 13.8 Å². The van der Waals surface area contributed by atoms with Gasteiger partial charge in [-0.25, -0.2) is 4.68 Å². The van der Waals surface area contributed by atoms with Crippen molar-refractivity contribution in [1.29, 1.82) is 0 Å². The Labute approximate surface area is 111 Å². The monoisotopic (exact) mass is 271 g/mol. The molecule has 0 fully saturated rings. The van der Waals surface area contributed by atoms with E-state index in [-0.39, 0.29) is 28.3 Å². The molecule has 0 unspecified atom stereocenters. The summed E-state index contributed by atoms with van der Waals surface area (Å²) < 4.78 is 1.25. The molecular weight excluding hydrogens is 254 g/mol. The zero-order valence-electron chi connectivity index (χ0n) is 11.2. The molecule has 1 N–H and O–H groups in total. The molecule has 0 atom stereocenters. The average molecular weight is 272 g/mol. The van der Waals surface area contributed by atoms with Gasteiger partial charge >= 0.3 is 0 Å². The van der Waals surface area contributed by atoms with Crippen molar-refractivity contribution < 1.29 is 4.79 Å². The molecule has 0 spiro atoms. The number of amides is 1. The molecule has 1 aromatic rings. The lowest BCUT2D eigenvalue weighted by Gasteiger charge is -2.18. The van der Waals surface area contributed by atoms with Crippen LogP contribution in [-0.4, -0.2) is 15.7 Å². The van der Waals surface area contributed by atoms with Crippen LogP contribution in [0.4, 0.5) is 5.69 Å². The molecule has 0 aliphatic carbocycles. The summed E-state index contributed by atoms with van der Waals surface area (Å²) in [4.78, 5) is 23.9. The summed E-state index contributed by atoms with van der Waals surface area (Å²) in [6.45, 7) is 8.95. The summed E-state index contributed by atoms with van der Waals surface area (Å²) in [5.74, 6) is -0.239. The number of aromatic nitrogens is 2. The van der Waals surface area contributed by atoms with Crippen LogP contribution in [0, 0.1) is 5.41 Å². The Morgan fingerprint density at radius 1 is 1.44 bits per heavy atom. The molecule has 5 nitrogen and oxygen atoms in total. The molecule has 1 aromatic heterocycles. The molecule has 0 aliphatic heterocycles. The predicted molar refractivity (Wildman–Crippen MR) is 72.0 cm³/mol. The second-order valence-corrected chi connectivity index (χ2v) is 5.82. The van der Waals surface area contributed by atoms with Crippen molar-refractivity contribution in [2.45, 2.75) is 40.7 Å². The lowest BCUT2D eigenvalue weighted by atomic mass is 9.96. The van der Waals surface area contributed by atoms with Gasteiger partial charge < -0.3 is 5.32 Å². The van der Waals surface area contributed by atoms with Gasteiger partial charge in [0.15, 0.2) is 5.15 Å². The minimum Gasteiger partial charge on any atom is -0.321 e. The number of hydrogen-bond donors (Lipinski definition) is 1. The topological polar surface area (TPSA) is 64.0 Å². The SMILES string of the molecule is CC(C)n1nc(Cl)cc(NC(=O)C(C)(C)C)c1=O. The number of carbonyl (C=O) groups is 1. The van der Waals surface area contributed by atoms with Crippen LogP contribution in [0.15, 0.2) is 10.9 Å². The lowest BCUT2D eigenvalue weighted by Crippen LogP contribution is -2.33. The minimum atomic E-state index is -0.579. The first-order valence-electron chi connectivity index (χ1n) is 5.73. The lowest BCUT2D eigenvalue weighted by molar-refractivity contribution is -0.123. The van der Waals surface area contributed by atoms with E-state index in [9.17, 15) is 9.59 Å². The van der Waals surface area contributed by atoms with Crippen molar-refractivity contribution in [2.75, 3.05) is 5.32 Å². The third kappa shape index (κ3) is 3.32. The molecule has 0 saturated heterocycles. The first-order valence-corrected chi connectivity index (χ1v) is 6.11. The number of carbonyl (C=O) groups excluding carboxylic acids is 1. The molecule has 0 saturated carbocycles. The van der Waals surface area contributed by atoms with Gasteiger partial charge in [-0.05, 0) is 13.8 Å². The van der Waals surface area contributed by atoms with Crippen molar-refractivity contribution in [3.05, 3.63) is 21.6 Å². The van der Waals surface area contributed by atoms with Gasteiger partial charge in [0.1, 0.15) is 5.69 Å². The van der Waals surface area contributed by atoms with E-state index in [1.165, 1.54) is 10.7 Å². The number of anilines is 1. The molecule has 0 radical (unpaired) electrons. The summed E-state index contributed by atoms with van der Waals surface area (Å²) in [5.41, 5.74) is -0.777. The van der Waals surface area contributed by atoms with E-state index in [1.54, 1.807) is 20.8 Å². The highest BCUT2D eigenvalue weighted by atomic mass is 35.5. The highest BCUT2D eigenvalue weighted by Gasteiger charge is 2.23. The van der Waals surface area contributed by atoms with Gasteiger partial charge in [0.05, 0.1) is 6.04 Å². The zero-order valence-corrected chi connectivity index (χ0v) is 12.0. The fourth-order valence-electron chi connectivity index (χ4n) is 1.23. The van der Waals surface area contributed by atoms with Crippen molar-refractivity contribution in [2.24, 2.45) is 5.41 Å². The molecule has 0 bridgehead atoms. The van der Waals surface area contributed by atoms with Crippen LogP contribution in [0.1, 0.15) is 40.7 Å². The van der Waals surface area contributed by atoms with E-state index in [0.29, 0.717) is 0 Å². The average Bonchev–Trinajstić information content (AvgIpc) is 2.21. The van der Waals surface area contributed by atoms with Crippen molar-refractivity contribution in [1.82, 2.24) is 9.78 Å². The van der Waals surface area contributed by atoms with Crippen molar-refractivity contribution in [3.8, 4) is 0 Å². The fourth-order valence-corrected chi connectivity index (χ4v) is 1.42. The first-order chi connectivity index (χ1) is 8.12. The Bertz CT molecular complexity index is 515. The minimum absolute atomic E-state index is 0.124. The van der Waals surface area contributed by atoms with Crippen LogP contribution in [0.25, 0.3) is 0 Å². The largest absolute Gasteiger partial charge is 0.321 e. The summed E-state index contributed by atoms with van der Waals surface area (Å²) in [5, 5.41) is 6.68. The summed E-state index contributed by atoms with van der Waals surface area (Å²) >= 11 is 5.84. The van der Waals surface area contributed by atoms with E-state index in [4.69, 9.17) is 11.6 Å². The number of nitrogens with zero attached hydrogens (tertiary/aromatic N) is 2. The third-order valence-corrected chi connectivity index (χ3v) is 2.51. The van der Waals surface area contributed by atoms with E-state index < -0.39 is 5.41 Å². The molecule has 100 valence electrons. The van der Waals surface area contributed by atoms with Crippen LogP contribution in [0.5, 0.6) is 0 Å². The van der Waals surface area contributed by atoms with E-state index in [0.717, 1.165) is 0 Å². The third-order valence-electron chi connectivity index (χ3n) is 2.32. The van der Waals surface area contributed by atoms with E-state index in [2.05, 4.69) is 10.4 Å². The molecular formula is C12H18ClN3O2. The first kappa shape index (κ1) is 14.7. The second-order valence-electron chi connectivity index (χ2n) is 5.43. The zero-order chi connectivity index (χ0) is 14.1. The molecule has 1 amide bonds. The van der Waals surface area contributed by atoms with Crippen LogP contribution < -0.4 is 10.9 Å². The smallest absolute Gasteiger partial charge is 0.290 e. The van der Waals surface area contributed by atoms with Crippen LogP contribution >= 0.6 is 11.6 Å². The number of halogens is 1. The molecule has 1 rings (SSSR count). The Kier molecular flexibility index (Phi) is 4.16. The molecule has 1 heterocycles. The van der Waals surface area contributed by atoms with Gasteiger partial charge in [0, 0.05) is 11.5 Å². The Balaban J connectivity index is 3.19. The van der Waals surface area contributed by atoms with Crippen molar-refractivity contribution in [3.63, 3.8) is 0 Å². The molecule has 0 aliphatic rings. The summed E-state index contributed by atoms with van der Waals surface area (Å²) in [7, 11) is 0. The van der Waals surface area contributed by atoms with Gasteiger partial charge in [0.2, 0.25) is 5.91 Å². The number of rotatable bonds is 2. The molecule has 0 aromatic carbocycles. The maximum Gasteiger partial charge on any atom is 0.290 e. The highest BCUT2D eigenvalue weighted by molar-refractivity contribution is 6.29. The quantitative estimate of drug-likeness (QED) is 0.899. The Morgan fingerprint density at radius 2 is 2.00 bits per heavy atom. The van der Waals surface area contributed by atoms with Gasteiger partial charge in [-0.1, -0.05) is 32.4 Å². The Morgan fingerprint density at radius 3 is 2.44 bits per heavy atom. The number of nitrogens with one attached hydrogen (secondary N) is 1.